The first kappa shape index (κ1) is 15.7. The lowest BCUT2D eigenvalue weighted by atomic mass is 9.93. The van der Waals surface area contributed by atoms with Crippen molar-refractivity contribution in [3.63, 3.8) is 0 Å². The highest BCUT2D eigenvalue weighted by molar-refractivity contribution is 7.08. The van der Waals surface area contributed by atoms with Gasteiger partial charge < -0.3 is 10.6 Å². The number of thiophene rings is 1. The number of hydrogen-bond acceptors (Lipinski definition) is 4. The first-order valence-corrected chi connectivity index (χ1v) is 8.66. The van der Waals surface area contributed by atoms with E-state index in [1.807, 2.05) is 28.7 Å². The predicted molar refractivity (Wildman–Crippen MR) is 88.4 cm³/mol. The number of rotatable bonds is 4. The van der Waals surface area contributed by atoms with Crippen LogP contribution in [0, 0.1) is 0 Å². The third kappa shape index (κ3) is 3.29. The number of aromatic amines is 1. The third-order valence-electron chi connectivity index (χ3n) is 4.44. The first-order chi connectivity index (χ1) is 11.1. The average molecular weight is 332 g/mol. The average Bonchev–Trinajstić information content (AvgIpc) is 3.25. The maximum Gasteiger partial charge on any atom is 0.269 e. The summed E-state index contributed by atoms with van der Waals surface area (Å²) in [6, 6.07) is 3.70. The smallest absolute Gasteiger partial charge is 0.269 e. The third-order valence-corrected chi connectivity index (χ3v) is 5.14. The lowest BCUT2D eigenvalue weighted by Crippen LogP contribution is -2.41. The lowest BCUT2D eigenvalue weighted by Gasteiger charge is -2.33. The van der Waals surface area contributed by atoms with Crippen LogP contribution in [0.3, 0.4) is 0 Å². The predicted octanol–water partition coefficient (Wildman–Crippen LogP) is 2.08. The van der Waals surface area contributed by atoms with Gasteiger partial charge in [0, 0.05) is 24.7 Å². The van der Waals surface area contributed by atoms with Crippen LogP contribution in [0.1, 0.15) is 53.3 Å². The van der Waals surface area contributed by atoms with Crippen molar-refractivity contribution in [1.29, 1.82) is 0 Å². The van der Waals surface area contributed by atoms with Crippen molar-refractivity contribution in [3.8, 4) is 0 Å². The molecule has 7 heteroatoms. The number of carbonyl (C=O) groups excluding carboxylic acids is 2. The molecule has 2 amide bonds. The summed E-state index contributed by atoms with van der Waals surface area (Å²) < 4.78 is 0. The van der Waals surface area contributed by atoms with Crippen molar-refractivity contribution in [2.45, 2.75) is 31.6 Å². The van der Waals surface area contributed by atoms with Gasteiger partial charge in [-0.1, -0.05) is 0 Å². The number of hydrogen-bond donors (Lipinski definition) is 2. The molecule has 0 aliphatic carbocycles. The van der Waals surface area contributed by atoms with Crippen LogP contribution in [0.25, 0.3) is 0 Å². The molecule has 0 radical (unpaired) electrons. The number of nitrogens with zero attached hydrogens (tertiary/aromatic N) is 2. The minimum absolute atomic E-state index is 0.122. The fourth-order valence-corrected chi connectivity index (χ4v) is 3.80. The van der Waals surface area contributed by atoms with E-state index in [1.54, 1.807) is 17.4 Å². The number of piperidine rings is 1. The van der Waals surface area contributed by atoms with Crippen molar-refractivity contribution in [2.75, 3.05) is 13.1 Å². The molecular formula is C16H20N4O2S. The topological polar surface area (TPSA) is 92.1 Å². The van der Waals surface area contributed by atoms with Crippen molar-refractivity contribution in [1.82, 2.24) is 15.1 Å². The summed E-state index contributed by atoms with van der Waals surface area (Å²) in [6.45, 7) is 3.38. The van der Waals surface area contributed by atoms with E-state index >= 15 is 0 Å². The summed E-state index contributed by atoms with van der Waals surface area (Å²) in [6.07, 6.45) is 1.91. The zero-order valence-corrected chi connectivity index (χ0v) is 13.8. The van der Waals surface area contributed by atoms with Crippen LogP contribution in [0.2, 0.25) is 0 Å². The maximum absolute atomic E-state index is 12.7. The Morgan fingerprint density at radius 2 is 2.35 bits per heavy atom. The molecule has 23 heavy (non-hydrogen) atoms. The minimum atomic E-state index is -0.540. The highest BCUT2D eigenvalue weighted by Crippen LogP contribution is 2.29. The molecule has 2 aromatic heterocycles. The Hall–Kier alpha value is -2.15. The zero-order chi connectivity index (χ0) is 16.4. The summed E-state index contributed by atoms with van der Waals surface area (Å²) in [4.78, 5) is 25.8. The SMILES string of the molecule is CC(C(=O)N1CCCC(c2cc(C(N)=O)n[nH]2)C1)c1ccsc1. The Labute approximate surface area is 138 Å². The van der Waals surface area contributed by atoms with E-state index in [4.69, 9.17) is 5.73 Å². The van der Waals surface area contributed by atoms with Gasteiger partial charge in [-0.3, -0.25) is 14.7 Å². The molecule has 2 unspecified atom stereocenters. The highest BCUT2D eigenvalue weighted by atomic mass is 32.1. The summed E-state index contributed by atoms with van der Waals surface area (Å²) in [7, 11) is 0. The van der Waals surface area contributed by atoms with Crippen LogP contribution in [-0.2, 0) is 4.79 Å². The molecule has 3 N–H and O–H groups in total. The number of carbonyl (C=O) groups is 2. The van der Waals surface area contributed by atoms with Gasteiger partial charge in [-0.25, -0.2) is 0 Å². The van der Waals surface area contributed by atoms with Gasteiger partial charge >= 0.3 is 0 Å². The fourth-order valence-electron chi connectivity index (χ4n) is 3.04. The van der Waals surface area contributed by atoms with Crippen LogP contribution >= 0.6 is 11.3 Å². The molecule has 1 saturated heterocycles. The molecule has 6 nitrogen and oxygen atoms in total. The summed E-state index contributed by atoms with van der Waals surface area (Å²) in [5.41, 5.74) is 7.43. The second kappa shape index (κ2) is 6.54. The largest absolute Gasteiger partial charge is 0.364 e. The fraction of sp³-hybridized carbons (Fsp3) is 0.438. The molecule has 122 valence electrons. The number of aromatic nitrogens is 2. The van der Waals surface area contributed by atoms with Gasteiger partial charge in [0.1, 0.15) is 5.69 Å². The van der Waals surface area contributed by atoms with Crippen LogP contribution in [0.4, 0.5) is 0 Å². The van der Waals surface area contributed by atoms with Gasteiger partial charge in [-0.05, 0) is 48.2 Å². The van der Waals surface area contributed by atoms with Gasteiger partial charge in [0.15, 0.2) is 0 Å². The molecular weight excluding hydrogens is 312 g/mol. The Morgan fingerprint density at radius 1 is 1.52 bits per heavy atom. The number of amides is 2. The van der Waals surface area contributed by atoms with Gasteiger partial charge in [0.25, 0.3) is 5.91 Å². The quantitative estimate of drug-likeness (QED) is 0.898. The van der Waals surface area contributed by atoms with Gasteiger partial charge in [0.05, 0.1) is 5.92 Å². The number of likely N-dealkylation sites (tertiary alicyclic amines) is 1. The van der Waals surface area contributed by atoms with E-state index in [1.165, 1.54) is 0 Å². The molecule has 0 saturated carbocycles. The number of nitrogens with two attached hydrogens (primary N) is 1. The van der Waals surface area contributed by atoms with E-state index in [2.05, 4.69) is 10.2 Å². The van der Waals surface area contributed by atoms with Crippen LogP contribution in [0.5, 0.6) is 0 Å². The summed E-state index contributed by atoms with van der Waals surface area (Å²) >= 11 is 1.61. The number of primary amides is 1. The van der Waals surface area contributed by atoms with E-state index in [9.17, 15) is 9.59 Å². The van der Waals surface area contributed by atoms with Crippen LogP contribution < -0.4 is 5.73 Å². The lowest BCUT2D eigenvalue weighted by molar-refractivity contribution is -0.133. The zero-order valence-electron chi connectivity index (χ0n) is 13.0. The molecule has 0 aromatic carbocycles. The molecule has 1 fully saturated rings. The molecule has 3 rings (SSSR count). The van der Waals surface area contributed by atoms with E-state index in [0.717, 1.165) is 30.6 Å². The van der Waals surface area contributed by atoms with Crippen LogP contribution in [0.15, 0.2) is 22.9 Å². The monoisotopic (exact) mass is 332 g/mol. The standard InChI is InChI=1S/C16H20N4O2S/c1-10(12-4-6-23-9-12)16(22)20-5-2-3-11(8-20)13-7-14(15(17)21)19-18-13/h4,6-7,9-11H,2-3,5,8H2,1H3,(H2,17,21)(H,18,19). The van der Waals surface area contributed by atoms with Crippen LogP contribution in [-0.4, -0.2) is 40.0 Å². The van der Waals surface area contributed by atoms with Gasteiger partial charge in [-0.15, -0.1) is 0 Å². The molecule has 2 aromatic rings. The normalized spacial score (nSPS) is 19.5. The van der Waals surface area contributed by atoms with Crippen molar-refractivity contribution >= 4 is 23.2 Å². The Kier molecular flexibility index (Phi) is 4.47. The van der Waals surface area contributed by atoms with Crippen molar-refractivity contribution in [3.05, 3.63) is 39.8 Å². The minimum Gasteiger partial charge on any atom is -0.364 e. The van der Waals surface area contributed by atoms with E-state index in [-0.39, 0.29) is 23.4 Å². The first-order valence-electron chi connectivity index (χ1n) is 7.72. The van der Waals surface area contributed by atoms with Crippen molar-refractivity contribution in [2.24, 2.45) is 5.73 Å². The molecule has 1 aliphatic rings. The number of nitrogens with one attached hydrogen (secondary N) is 1. The Bertz CT molecular complexity index is 695. The molecule has 2 atom stereocenters. The Balaban J connectivity index is 1.70. The molecule has 1 aliphatic heterocycles. The molecule has 0 spiro atoms. The summed E-state index contributed by atoms with van der Waals surface area (Å²) in [5.74, 6) is -0.337. The second-order valence-corrected chi connectivity index (χ2v) is 6.75. The highest BCUT2D eigenvalue weighted by Gasteiger charge is 2.29. The number of H-pyrrole nitrogens is 1. The van der Waals surface area contributed by atoms with Crippen molar-refractivity contribution < 1.29 is 9.59 Å². The van der Waals surface area contributed by atoms with E-state index in [0.29, 0.717) is 6.54 Å². The van der Waals surface area contributed by atoms with Gasteiger partial charge in [-0.2, -0.15) is 16.4 Å². The molecule has 3 heterocycles. The van der Waals surface area contributed by atoms with Gasteiger partial charge in [0.2, 0.25) is 5.91 Å². The second-order valence-electron chi connectivity index (χ2n) is 5.97. The summed E-state index contributed by atoms with van der Waals surface area (Å²) in [5, 5.41) is 10.8. The molecule has 0 bridgehead atoms. The maximum atomic E-state index is 12.7. The van der Waals surface area contributed by atoms with E-state index < -0.39 is 5.91 Å². The Morgan fingerprint density at radius 3 is 3.00 bits per heavy atom.